The van der Waals surface area contributed by atoms with Crippen LogP contribution in [0.4, 0.5) is 5.69 Å². The first kappa shape index (κ1) is 16.2. The molecule has 0 radical (unpaired) electrons. The minimum absolute atomic E-state index is 0.258. The third-order valence-corrected chi connectivity index (χ3v) is 4.98. The average Bonchev–Trinajstić information content (AvgIpc) is 2.62. The number of anilines is 1. The number of hydrogen-bond acceptors (Lipinski definition) is 2. The van der Waals surface area contributed by atoms with E-state index >= 15 is 0 Å². The summed E-state index contributed by atoms with van der Waals surface area (Å²) in [4.78, 5) is 12.1. The Bertz CT molecular complexity index is 503. The highest BCUT2D eigenvalue weighted by molar-refractivity contribution is 6.30. The lowest BCUT2D eigenvalue weighted by Crippen LogP contribution is -2.50. The highest BCUT2D eigenvalue weighted by atomic mass is 35.5. The van der Waals surface area contributed by atoms with Crippen LogP contribution >= 0.6 is 11.6 Å². The summed E-state index contributed by atoms with van der Waals surface area (Å²) in [6.45, 7) is 4.51. The quantitative estimate of drug-likeness (QED) is 0.819. The fourth-order valence-corrected chi connectivity index (χ4v) is 3.50. The first-order valence-electron chi connectivity index (χ1n) is 7.76. The van der Waals surface area contributed by atoms with Crippen molar-refractivity contribution in [3.63, 3.8) is 0 Å². The molecule has 1 amide bonds. The largest absolute Gasteiger partial charge is 0.371 e. The van der Waals surface area contributed by atoms with Crippen LogP contribution in [0.1, 0.15) is 46.0 Å². The van der Waals surface area contributed by atoms with Crippen LogP contribution in [0.3, 0.4) is 0 Å². The van der Waals surface area contributed by atoms with Crippen molar-refractivity contribution >= 4 is 23.2 Å². The molecule has 0 heterocycles. The number of carbonyl (C=O) groups excluding carboxylic acids is 1. The van der Waals surface area contributed by atoms with Gasteiger partial charge in [-0.1, -0.05) is 44.4 Å². The lowest BCUT2D eigenvalue weighted by Gasteiger charge is -2.32. The fraction of sp³-hybridized carbons (Fsp3) is 0.588. The van der Waals surface area contributed by atoms with Crippen LogP contribution in [0.25, 0.3) is 0 Å². The van der Waals surface area contributed by atoms with Crippen LogP contribution in [0.2, 0.25) is 5.02 Å². The molecule has 2 rings (SSSR count). The number of primary amides is 1. The van der Waals surface area contributed by atoms with Gasteiger partial charge in [0, 0.05) is 10.7 Å². The Morgan fingerprint density at radius 1 is 1.38 bits per heavy atom. The van der Waals surface area contributed by atoms with Gasteiger partial charge in [0.1, 0.15) is 5.54 Å². The van der Waals surface area contributed by atoms with E-state index in [0.29, 0.717) is 16.9 Å². The Hall–Kier alpha value is -1.22. The Balaban J connectivity index is 2.19. The molecule has 3 nitrogen and oxygen atoms in total. The third-order valence-electron chi connectivity index (χ3n) is 4.74. The lowest BCUT2D eigenvalue weighted by atomic mass is 9.86. The monoisotopic (exact) mass is 308 g/mol. The van der Waals surface area contributed by atoms with Gasteiger partial charge in [0.05, 0.1) is 0 Å². The van der Waals surface area contributed by atoms with E-state index in [1.165, 1.54) is 6.42 Å². The first-order valence-corrected chi connectivity index (χ1v) is 8.14. The molecule has 1 saturated carbocycles. The van der Waals surface area contributed by atoms with Gasteiger partial charge in [0.2, 0.25) is 5.91 Å². The summed E-state index contributed by atoms with van der Waals surface area (Å²) in [7, 11) is 0. The fourth-order valence-electron chi connectivity index (χ4n) is 3.31. The van der Waals surface area contributed by atoms with Gasteiger partial charge in [-0.3, -0.25) is 4.79 Å². The van der Waals surface area contributed by atoms with E-state index in [-0.39, 0.29) is 5.91 Å². The van der Waals surface area contributed by atoms with E-state index in [1.54, 1.807) is 0 Å². The van der Waals surface area contributed by atoms with Gasteiger partial charge in [-0.2, -0.15) is 0 Å². The summed E-state index contributed by atoms with van der Waals surface area (Å²) in [6, 6.07) is 7.48. The van der Waals surface area contributed by atoms with E-state index < -0.39 is 5.54 Å². The van der Waals surface area contributed by atoms with Crippen molar-refractivity contribution in [1.29, 1.82) is 0 Å². The minimum Gasteiger partial charge on any atom is -0.371 e. The Morgan fingerprint density at radius 3 is 2.76 bits per heavy atom. The summed E-state index contributed by atoms with van der Waals surface area (Å²) < 4.78 is 0. The molecule has 1 aromatic rings. The molecule has 0 aromatic heterocycles. The molecule has 1 fully saturated rings. The van der Waals surface area contributed by atoms with Gasteiger partial charge in [-0.15, -0.1) is 0 Å². The van der Waals surface area contributed by atoms with Crippen molar-refractivity contribution in [2.45, 2.75) is 51.5 Å². The summed E-state index contributed by atoms with van der Waals surface area (Å²) in [6.07, 6.45) is 4.81. The van der Waals surface area contributed by atoms with Gasteiger partial charge in [-0.05, 0) is 49.3 Å². The number of nitrogens with two attached hydrogens (primary N) is 1. The number of carbonyl (C=O) groups is 1. The maximum Gasteiger partial charge on any atom is 0.243 e. The molecule has 1 aliphatic rings. The van der Waals surface area contributed by atoms with Crippen molar-refractivity contribution < 1.29 is 4.79 Å². The maximum absolute atomic E-state index is 12.1. The zero-order chi connectivity index (χ0) is 15.5. The van der Waals surface area contributed by atoms with Gasteiger partial charge < -0.3 is 11.1 Å². The van der Waals surface area contributed by atoms with Crippen molar-refractivity contribution in [3.8, 4) is 0 Å². The topological polar surface area (TPSA) is 55.1 Å². The van der Waals surface area contributed by atoms with Crippen LogP contribution < -0.4 is 11.1 Å². The molecule has 0 bridgehead atoms. The molecule has 1 aromatic carbocycles. The van der Waals surface area contributed by atoms with Crippen LogP contribution in [-0.4, -0.2) is 11.4 Å². The van der Waals surface area contributed by atoms with Crippen LogP contribution in [0.15, 0.2) is 24.3 Å². The Labute approximate surface area is 132 Å². The average molecular weight is 309 g/mol. The summed E-state index contributed by atoms with van der Waals surface area (Å²) in [5, 5.41) is 4.04. The SMILES string of the molecule is CC(C)C1CCCC(Nc2cccc(Cl)c2)(C(N)=O)CC1. The van der Waals surface area contributed by atoms with E-state index in [9.17, 15) is 4.79 Å². The number of amides is 1. The summed E-state index contributed by atoms with van der Waals surface area (Å²) in [5.41, 5.74) is 5.97. The first-order chi connectivity index (χ1) is 9.93. The number of hydrogen-bond donors (Lipinski definition) is 2. The standard InChI is InChI=1S/C17H25ClN2O/c1-12(2)13-5-4-9-17(10-8-13,16(19)21)20-15-7-3-6-14(18)11-15/h3,6-7,11-13,20H,4-5,8-10H2,1-2H3,(H2,19,21). The number of benzene rings is 1. The predicted octanol–water partition coefficient (Wildman–Crippen LogP) is 4.21. The maximum atomic E-state index is 12.1. The second-order valence-corrected chi connectivity index (χ2v) is 6.95. The number of rotatable bonds is 4. The minimum atomic E-state index is -0.645. The van der Waals surface area contributed by atoms with Gasteiger partial charge in [0.15, 0.2) is 0 Å². The van der Waals surface area contributed by atoms with Gasteiger partial charge >= 0.3 is 0 Å². The molecule has 1 aliphatic carbocycles. The second-order valence-electron chi connectivity index (χ2n) is 6.52. The molecule has 4 heteroatoms. The molecule has 2 atom stereocenters. The number of nitrogens with one attached hydrogen (secondary N) is 1. The summed E-state index contributed by atoms with van der Waals surface area (Å²) >= 11 is 6.03. The third kappa shape index (κ3) is 3.91. The molecule has 2 unspecified atom stereocenters. The smallest absolute Gasteiger partial charge is 0.243 e. The lowest BCUT2D eigenvalue weighted by molar-refractivity contribution is -0.122. The van der Waals surface area contributed by atoms with E-state index in [0.717, 1.165) is 31.4 Å². The molecule has 21 heavy (non-hydrogen) atoms. The molecular formula is C17H25ClN2O. The zero-order valence-corrected chi connectivity index (χ0v) is 13.6. The van der Waals surface area contributed by atoms with E-state index in [1.807, 2.05) is 24.3 Å². The van der Waals surface area contributed by atoms with Crippen molar-refractivity contribution in [3.05, 3.63) is 29.3 Å². The van der Waals surface area contributed by atoms with E-state index in [2.05, 4.69) is 19.2 Å². The molecule has 116 valence electrons. The Morgan fingerprint density at radius 2 is 2.14 bits per heavy atom. The summed E-state index contributed by atoms with van der Waals surface area (Å²) in [5.74, 6) is 1.07. The second kappa shape index (κ2) is 6.69. The zero-order valence-electron chi connectivity index (χ0n) is 12.9. The molecule has 0 aliphatic heterocycles. The van der Waals surface area contributed by atoms with Crippen molar-refractivity contribution in [2.24, 2.45) is 17.6 Å². The van der Waals surface area contributed by atoms with E-state index in [4.69, 9.17) is 17.3 Å². The molecule has 3 N–H and O–H groups in total. The van der Waals surface area contributed by atoms with Crippen LogP contribution in [0, 0.1) is 11.8 Å². The highest BCUT2D eigenvalue weighted by Gasteiger charge is 2.38. The molecular weight excluding hydrogens is 284 g/mol. The van der Waals surface area contributed by atoms with Crippen molar-refractivity contribution in [1.82, 2.24) is 0 Å². The van der Waals surface area contributed by atoms with Crippen LogP contribution in [0.5, 0.6) is 0 Å². The van der Waals surface area contributed by atoms with Crippen molar-refractivity contribution in [2.75, 3.05) is 5.32 Å². The molecule has 0 saturated heterocycles. The predicted molar refractivity (Wildman–Crippen MR) is 88.4 cm³/mol. The number of halogens is 1. The normalized spacial score (nSPS) is 26.4. The molecule has 0 spiro atoms. The van der Waals surface area contributed by atoms with Gasteiger partial charge in [0.25, 0.3) is 0 Å². The Kier molecular flexibility index (Phi) is 5.15. The van der Waals surface area contributed by atoms with Crippen LogP contribution in [-0.2, 0) is 4.79 Å². The highest BCUT2D eigenvalue weighted by Crippen LogP contribution is 2.36. The van der Waals surface area contributed by atoms with Gasteiger partial charge in [-0.25, -0.2) is 0 Å².